The van der Waals surface area contributed by atoms with Crippen molar-refractivity contribution in [2.24, 2.45) is 0 Å². The number of benzene rings is 2. The number of piperazine rings is 1. The van der Waals surface area contributed by atoms with E-state index in [1.165, 1.54) is 0 Å². The monoisotopic (exact) mass is 449 g/mol. The summed E-state index contributed by atoms with van der Waals surface area (Å²) in [5.74, 6) is 1.70. The summed E-state index contributed by atoms with van der Waals surface area (Å²) in [5, 5.41) is 7.26. The minimum atomic E-state index is -0.0559. The number of methoxy groups -OCH3 is 1. The topological polar surface area (TPSA) is 83.7 Å². The molecule has 8 heteroatoms. The van der Waals surface area contributed by atoms with Crippen LogP contribution in [-0.2, 0) is 11.2 Å². The Morgan fingerprint density at radius 2 is 1.82 bits per heavy atom. The zero-order valence-corrected chi connectivity index (χ0v) is 19.2. The summed E-state index contributed by atoms with van der Waals surface area (Å²) in [7, 11) is 3.77. The standard InChI is InChI=1S/C25H31N5O3/c1-29-14-16-30(17-15-29)18-22(19-6-4-3-5-7-19)26-23(31)12-13-24-27-25(28-33-24)20-8-10-21(32-2)11-9-20/h3-11,22H,12-18H2,1-2H3,(H,26,31). The molecule has 2 heterocycles. The smallest absolute Gasteiger partial charge is 0.227 e. The maximum Gasteiger partial charge on any atom is 0.227 e. The largest absolute Gasteiger partial charge is 0.497 e. The zero-order valence-electron chi connectivity index (χ0n) is 19.2. The molecule has 1 fully saturated rings. The first kappa shape index (κ1) is 22.9. The molecule has 3 aromatic rings. The second-order valence-corrected chi connectivity index (χ2v) is 8.37. The molecular formula is C25H31N5O3. The highest BCUT2D eigenvalue weighted by atomic mass is 16.5. The SMILES string of the molecule is COc1ccc(-c2noc(CCC(=O)NC(CN3CCN(C)CC3)c3ccccc3)n2)cc1. The van der Waals surface area contributed by atoms with Crippen molar-refractivity contribution in [2.75, 3.05) is 46.9 Å². The number of amides is 1. The molecule has 174 valence electrons. The van der Waals surface area contributed by atoms with Gasteiger partial charge in [0.05, 0.1) is 13.2 Å². The molecule has 0 spiro atoms. The van der Waals surface area contributed by atoms with Gasteiger partial charge in [-0.25, -0.2) is 0 Å². The molecule has 1 aromatic heterocycles. The highest BCUT2D eigenvalue weighted by Crippen LogP contribution is 2.20. The van der Waals surface area contributed by atoms with Crippen LogP contribution >= 0.6 is 0 Å². The summed E-state index contributed by atoms with van der Waals surface area (Å²) in [6.07, 6.45) is 0.682. The maximum absolute atomic E-state index is 12.8. The molecule has 1 aliphatic heterocycles. The van der Waals surface area contributed by atoms with E-state index in [-0.39, 0.29) is 18.4 Å². The van der Waals surface area contributed by atoms with Gasteiger partial charge in [0, 0.05) is 51.1 Å². The van der Waals surface area contributed by atoms with E-state index in [1.54, 1.807) is 7.11 Å². The van der Waals surface area contributed by atoms with Gasteiger partial charge in [0.25, 0.3) is 0 Å². The predicted octanol–water partition coefficient (Wildman–Crippen LogP) is 2.78. The molecule has 1 atom stereocenters. The normalized spacial score (nSPS) is 15.8. The number of likely N-dealkylation sites (N-methyl/N-ethyl adjacent to an activating group) is 1. The molecular weight excluding hydrogens is 418 g/mol. The van der Waals surface area contributed by atoms with Crippen LogP contribution < -0.4 is 10.1 Å². The average Bonchev–Trinajstić information content (AvgIpc) is 3.33. The van der Waals surface area contributed by atoms with Crippen molar-refractivity contribution >= 4 is 5.91 Å². The number of nitrogens with zero attached hydrogens (tertiary/aromatic N) is 4. The van der Waals surface area contributed by atoms with Gasteiger partial charge in [-0.2, -0.15) is 4.98 Å². The third-order valence-corrected chi connectivity index (χ3v) is 5.96. The Bertz CT molecular complexity index is 1010. The van der Waals surface area contributed by atoms with Gasteiger partial charge in [0.1, 0.15) is 5.75 Å². The third-order valence-electron chi connectivity index (χ3n) is 5.96. The van der Waals surface area contributed by atoms with Crippen molar-refractivity contribution in [3.05, 3.63) is 66.1 Å². The van der Waals surface area contributed by atoms with Crippen LogP contribution in [0.2, 0.25) is 0 Å². The summed E-state index contributed by atoms with van der Waals surface area (Å²) in [5.41, 5.74) is 1.95. The van der Waals surface area contributed by atoms with Crippen molar-refractivity contribution in [1.29, 1.82) is 0 Å². The number of hydrogen-bond donors (Lipinski definition) is 1. The first-order valence-electron chi connectivity index (χ1n) is 11.3. The van der Waals surface area contributed by atoms with Gasteiger partial charge in [-0.1, -0.05) is 35.5 Å². The first-order valence-corrected chi connectivity index (χ1v) is 11.3. The molecule has 0 bridgehead atoms. The van der Waals surface area contributed by atoms with Crippen LogP contribution in [0.15, 0.2) is 59.1 Å². The molecule has 0 aliphatic carbocycles. The van der Waals surface area contributed by atoms with E-state index in [2.05, 4.69) is 44.4 Å². The van der Waals surface area contributed by atoms with Crippen molar-refractivity contribution in [3.8, 4) is 17.1 Å². The number of aromatic nitrogens is 2. The van der Waals surface area contributed by atoms with Gasteiger partial charge in [-0.05, 0) is 36.9 Å². The Morgan fingerprint density at radius 3 is 2.52 bits per heavy atom. The van der Waals surface area contributed by atoms with Crippen LogP contribution in [0, 0.1) is 0 Å². The van der Waals surface area contributed by atoms with Crippen LogP contribution in [0.4, 0.5) is 0 Å². The summed E-state index contributed by atoms with van der Waals surface area (Å²) in [6.45, 7) is 4.90. The molecule has 1 amide bonds. The van der Waals surface area contributed by atoms with Gasteiger partial charge in [-0.3, -0.25) is 9.69 Å². The minimum absolute atomic E-state index is 0.0258. The maximum atomic E-state index is 12.8. The van der Waals surface area contributed by atoms with Gasteiger partial charge in [0.2, 0.25) is 17.6 Å². The van der Waals surface area contributed by atoms with E-state index in [9.17, 15) is 4.79 Å². The summed E-state index contributed by atoms with van der Waals surface area (Å²) in [6, 6.07) is 17.6. The number of hydrogen-bond acceptors (Lipinski definition) is 7. The Hall–Kier alpha value is -3.23. The van der Waals surface area contributed by atoms with E-state index >= 15 is 0 Å². The number of carbonyl (C=O) groups excluding carboxylic acids is 1. The number of carbonyl (C=O) groups is 1. The lowest BCUT2D eigenvalue weighted by Crippen LogP contribution is -2.47. The zero-order chi connectivity index (χ0) is 23.0. The first-order chi connectivity index (χ1) is 16.1. The summed E-state index contributed by atoms with van der Waals surface area (Å²) < 4.78 is 10.5. The van der Waals surface area contributed by atoms with Gasteiger partial charge < -0.3 is 19.5 Å². The third kappa shape index (κ3) is 6.40. The van der Waals surface area contributed by atoms with Crippen LogP contribution in [0.1, 0.15) is 23.9 Å². The van der Waals surface area contributed by atoms with Gasteiger partial charge in [-0.15, -0.1) is 0 Å². The second-order valence-electron chi connectivity index (χ2n) is 8.37. The lowest BCUT2D eigenvalue weighted by molar-refractivity contribution is -0.122. The summed E-state index contributed by atoms with van der Waals surface area (Å²) >= 11 is 0. The molecule has 0 saturated carbocycles. The van der Waals surface area contributed by atoms with Crippen molar-refractivity contribution < 1.29 is 14.1 Å². The molecule has 4 rings (SSSR count). The van der Waals surface area contributed by atoms with E-state index in [0.717, 1.165) is 49.6 Å². The predicted molar refractivity (Wildman–Crippen MR) is 126 cm³/mol. The Balaban J connectivity index is 1.34. The molecule has 1 aliphatic rings. The number of aryl methyl sites for hydroxylation is 1. The second kappa shape index (κ2) is 11.1. The van der Waals surface area contributed by atoms with Crippen LogP contribution in [0.3, 0.4) is 0 Å². The lowest BCUT2D eigenvalue weighted by Gasteiger charge is -2.35. The van der Waals surface area contributed by atoms with E-state index in [1.807, 2.05) is 42.5 Å². The fraction of sp³-hybridized carbons (Fsp3) is 0.400. The van der Waals surface area contributed by atoms with E-state index < -0.39 is 0 Å². The lowest BCUT2D eigenvalue weighted by atomic mass is 10.1. The Labute approximate surface area is 194 Å². The molecule has 33 heavy (non-hydrogen) atoms. The Morgan fingerprint density at radius 1 is 1.09 bits per heavy atom. The fourth-order valence-corrected chi connectivity index (χ4v) is 3.91. The molecule has 0 radical (unpaired) electrons. The highest BCUT2D eigenvalue weighted by molar-refractivity contribution is 5.76. The number of ether oxygens (including phenoxy) is 1. The van der Waals surface area contributed by atoms with E-state index in [4.69, 9.17) is 9.26 Å². The molecule has 1 saturated heterocycles. The molecule has 1 N–H and O–H groups in total. The quantitative estimate of drug-likeness (QED) is 0.538. The highest BCUT2D eigenvalue weighted by Gasteiger charge is 2.21. The average molecular weight is 450 g/mol. The minimum Gasteiger partial charge on any atom is -0.497 e. The number of rotatable bonds is 9. The number of nitrogens with one attached hydrogen (secondary N) is 1. The van der Waals surface area contributed by atoms with Crippen molar-refractivity contribution in [3.63, 3.8) is 0 Å². The van der Waals surface area contributed by atoms with E-state index in [0.29, 0.717) is 18.1 Å². The molecule has 1 unspecified atom stereocenters. The van der Waals surface area contributed by atoms with Crippen molar-refractivity contribution in [1.82, 2.24) is 25.3 Å². The molecule has 8 nitrogen and oxygen atoms in total. The fourth-order valence-electron chi connectivity index (χ4n) is 3.91. The summed E-state index contributed by atoms with van der Waals surface area (Å²) in [4.78, 5) is 22.0. The van der Waals surface area contributed by atoms with Crippen LogP contribution in [0.25, 0.3) is 11.4 Å². The van der Waals surface area contributed by atoms with Gasteiger partial charge in [0.15, 0.2) is 0 Å². The Kier molecular flexibility index (Phi) is 7.70. The van der Waals surface area contributed by atoms with Gasteiger partial charge >= 0.3 is 0 Å². The molecule has 2 aromatic carbocycles. The van der Waals surface area contributed by atoms with Crippen LogP contribution in [-0.4, -0.2) is 72.7 Å². The van der Waals surface area contributed by atoms with Crippen molar-refractivity contribution in [2.45, 2.75) is 18.9 Å². The van der Waals surface area contributed by atoms with Crippen LogP contribution in [0.5, 0.6) is 5.75 Å².